The number of hydrogen-bond acceptors (Lipinski definition) is 7. The standard InChI is InChI=1S/C24H19F3N6O2S/c1-13-5-6-16(8-17(13)24(25,26)27)33-22(35)20-11-29-23(36-20)14(2)32-21(34)19-9-18(30-12-31-19)15-4-3-7-28-10-15/h3-12,14H,1-2H3,(H,32,34)(H,33,35). The van der Waals surface area contributed by atoms with Crippen molar-refractivity contribution in [2.75, 3.05) is 5.32 Å². The van der Waals surface area contributed by atoms with Gasteiger partial charge in [0.15, 0.2) is 0 Å². The zero-order valence-electron chi connectivity index (χ0n) is 19.0. The number of pyridine rings is 1. The lowest BCUT2D eigenvalue weighted by molar-refractivity contribution is -0.138. The van der Waals surface area contributed by atoms with Crippen molar-refractivity contribution in [2.45, 2.75) is 26.1 Å². The van der Waals surface area contributed by atoms with Gasteiger partial charge in [0.2, 0.25) is 0 Å². The molecule has 0 aliphatic heterocycles. The molecule has 0 saturated carbocycles. The number of amides is 2. The van der Waals surface area contributed by atoms with Crippen LogP contribution in [0.4, 0.5) is 18.9 Å². The monoisotopic (exact) mass is 512 g/mol. The number of carbonyl (C=O) groups is 2. The number of halogens is 3. The first kappa shape index (κ1) is 24.9. The molecule has 36 heavy (non-hydrogen) atoms. The summed E-state index contributed by atoms with van der Waals surface area (Å²) in [5, 5.41) is 5.67. The van der Waals surface area contributed by atoms with Crippen molar-refractivity contribution in [3.63, 3.8) is 0 Å². The molecular formula is C24H19F3N6O2S. The van der Waals surface area contributed by atoms with Crippen LogP contribution in [0.25, 0.3) is 11.3 Å². The Balaban J connectivity index is 1.43. The first-order valence-corrected chi connectivity index (χ1v) is 11.4. The summed E-state index contributed by atoms with van der Waals surface area (Å²) in [4.78, 5) is 41.9. The summed E-state index contributed by atoms with van der Waals surface area (Å²) in [6, 6.07) is 8.12. The lowest BCUT2D eigenvalue weighted by Gasteiger charge is -2.12. The van der Waals surface area contributed by atoms with Gasteiger partial charge >= 0.3 is 6.18 Å². The molecule has 4 aromatic rings. The van der Waals surface area contributed by atoms with Gasteiger partial charge in [-0.3, -0.25) is 14.6 Å². The number of nitrogens with one attached hydrogen (secondary N) is 2. The van der Waals surface area contributed by atoms with Crippen LogP contribution in [0.2, 0.25) is 0 Å². The van der Waals surface area contributed by atoms with Crippen molar-refractivity contribution in [2.24, 2.45) is 0 Å². The summed E-state index contributed by atoms with van der Waals surface area (Å²) in [7, 11) is 0. The van der Waals surface area contributed by atoms with Gasteiger partial charge < -0.3 is 10.6 Å². The fourth-order valence-electron chi connectivity index (χ4n) is 3.28. The topological polar surface area (TPSA) is 110 Å². The Labute approximate surface area is 207 Å². The molecule has 0 fully saturated rings. The normalized spacial score (nSPS) is 12.1. The zero-order chi connectivity index (χ0) is 25.9. The highest BCUT2D eigenvalue weighted by Gasteiger charge is 2.32. The van der Waals surface area contributed by atoms with Crippen molar-refractivity contribution >= 4 is 28.8 Å². The van der Waals surface area contributed by atoms with E-state index >= 15 is 0 Å². The molecule has 184 valence electrons. The zero-order valence-corrected chi connectivity index (χ0v) is 19.8. The van der Waals surface area contributed by atoms with Crippen molar-refractivity contribution in [3.8, 4) is 11.3 Å². The van der Waals surface area contributed by atoms with Gasteiger partial charge in [0, 0.05) is 23.6 Å². The summed E-state index contributed by atoms with van der Waals surface area (Å²) in [6.07, 6.45) is 1.31. The maximum Gasteiger partial charge on any atom is 0.416 e. The van der Waals surface area contributed by atoms with Gasteiger partial charge in [-0.15, -0.1) is 11.3 Å². The van der Waals surface area contributed by atoms with Gasteiger partial charge in [0.25, 0.3) is 11.8 Å². The maximum absolute atomic E-state index is 13.2. The third-order valence-corrected chi connectivity index (χ3v) is 6.30. The molecule has 12 heteroatoms. The second kappa shape index (κ2) is 10.2. The minimum Gasteiger partial charge on any atom is -0.342 e. The lowest BCUT2D eigenvalue weighted by atomic mass is 10.1. The number of anilines is 1. The number of benzene rings is 1. The molecule has 0 radical (unpaired) electrons. The molecular weight excluding hydrogens is 493 g/mol. The largest absolute Gasteiger partial charge is 0.416 e. The summed E-state index contributed by atoms with van der Waals surface area (Å²) in [6.45, 7) is 3.04. The molecule has 1 aromatic carbocycles. The molecule has 0 saturated heterocycles. The number of aryl methyl sites for hydroxylation is 1. The van der Waals surface area contributed by atoms with Crippen molar-refractivity contribution in [3.05, 3.63) is 88.0 Å². The van der Waals surface area contributed by atoms with Gasteiger partial charge in [-0.1, -0.05) is 6.07 Å². The summed E-state index contributed by atoms with van der Waals surface area (Å²) < 4.78 is 39.5. The lowest BCUT2D eigenvalue weighted by Crippen LogP contribution is -2.27. The summed E-state index contributed by atoms with van der Waals surface area (Å²) >= 11 is 1.02. The van der Waals surface area contributed by atoms with Crippen LogP contribution in [-0.2, 0) is 6.18 Å². The summed E-state index contributed by atoms with van der Waals surface area (Å²) in [5.74, 6) is -1.07. The summed E-state index contributed by atoms with van der Waals surface area (Å²) in [5.41, 5.74) is 0.661. The highest BCUT2D eigenvalue weighted by molar-refractivity contribution is 7.13. The minimum absolute atomic E-state index is 0.0161. The van der Waals surface area contributed by atoms with E-state index in [1.165, 1.54) is 37.6 Å². The van der Waals surface area contributed by atoms with E-state index in [9.17, 15) is 22.8 Å². The van der Waals surface area contributed by atoms with Gasteiger partial charge in [0.05, 0.1) is 23.5 Å². The van der Waals surface area contributed by atoms with Crippen LogP contribution in [0.5, 0.6) is 0 Å². The quantitative estimate of drug-likeness (QED) is 0.374. The molecule has 0 aliphatic rings. The maximum atomic E-state index is 13.2. The molecule has 0 spiro atoms. The average Bonchev–Trinajstić information content (AvgIpc) is 3.36. The number of aromatic nitrogens is 4. The third kappa shape index (κ3) is 5.71. The van der Waals surface area contributed by atoms with Crippen molar-refractivity contribution in [1.29, 1.82) is 0 Å². The SMILES string of the molecule is Cc1ccc(NC(=O)c2cnc(C(C)NC(=O)c3cc(-c4cccnc4)ncn3)s2)cc1C(F)(F)F. The van der Waals surface area contributed by atoms with E-state index in [0.29, 0.717) is 10.7 Å². The van der Waals surface area contributed by atoms with Crippen LogP contribution in [0, 0.1) is 6.92 Å². The number of nitrogens with zero attached hydrogens (tertiary/aromatic N) is 4. The number of rotatable bonds is 6. The number of alkyl halides is 3. The highest BCUT2D eigenvalue weighted by Crippen LogP contribution is 2.33. The minimum atomic E-state index is -4.53. The Kier molecular flexibility index (Phi) is 7.06. The van der Waals surface area contributed by atoms with E-state index in [2.05, 4.69) is 30.6 Å². The number of hydrogen-bond donors (Lipinski definition) is 2. The van der Waals surface area contributed by atoms with E-state index in [1.54, 1.807) is 25.4 Å². The molecule has 2 amide bonds. The molecule has 0 aliphatic carbocycles. The fraction of sp³-hybridized carbons (Fsp3) is 0.167. The Morgan fingerprint density at radius 1 is 1.03 bits per heavy atom. The van der Waals surface area contributed by atoms with Crippen LogP contribution < -0.4 is 10.6 Å². The van der Waals surface area contributed by atoms with E-state index in [0.717, 1.165) is 23.0 Å². The van der Waals surface area contributed by atoms with E-state index in [4.69, 9.17) is 0 Å². The number of carbonyl (C=O) groups excluding carboxylic acids is 2. The second-order valence-corrected chi connectivity index (χ2v) is 8.83. The first-order chi connectivity index (χ1) is 17.1. The highest BCUT2D eigenvalue weighted by atomic mass is 32.1. The third-order valence-electron chi connectivity index (χ3n) is 5.12. The Bertz CT molecular complexity index is 1410. The van der Waals surface area contributed by atoms with Crippen LogP contribution in [-0.4, -0.2) is 31.8 Å². The van der Waals surface area contributed by atoms with Crippen LogP contribution >= 0.6 is 11.3 Å². The predicted octanol–water partition coefficient (Wildman–Crippen LogP) is 5.07. The fourth-order valence-corrected chi connectivity index (χ4v) is 4.09. The van der Waals surface area contributed by atoms with Crippen LogP contribution in [0.15, 0.2) is 61.3 Å². The molecule has 2 N–H and O–H groups in total. The first-order valence-electron chi connectivity index (χ1n) is 10.6. The molecule has 3 heterocycles. The van der Waals surface area contributed by atoms with Gasteiger partial charge in [-0.25, -0.2) is 15.0 Å². The molecule has 8 nitrogen and oxygen atoms in total. The Hall–Kier alpha value is -4.19. The number of thiazole rings is 1. The van der Waals surface area contributed by atoms with E-state index < -0.39 is 29.6 Å². The molecule has 4 rings (SSSR count). The van der Waals surface area contributed by atoms with Gasteiger partial charge in [-0.05, 0) is 49.7 Å². The smallest absolute Gasteiger partial charge is 0.342 e. The molecule has 0 bridgehead atoms. The molecule has 3 aromatic heterocycles. The second-order valence-electron chi connectivity index (χ2n) is 7.77. The predicted molar refractivity (Wildman–Crippen MR) is 127 cm³/mol. The van der Waals surface area contributed by atoms with Crippen molar-refractivity contribution < 1.29 is 22.8 Å². The Morgan fingerprint density at radius 2 is 1.83 bits per heavy atom. The van der Waals surface area contributed by atoms with E-state index in [1.807, 2.05) is 6.07 Å². The van der Waals surface area contributed by atoms with Crippen LogP contribution in [0.1, 0.15) is 49.3 Å². The average molecular weight is 513 g/mol. The van der Waals surface area contributed by atoms with Gasteiger partial charge in [0.1, 0.15) is 21.9 Å². The van der Waals surface area contributed by atoms with E-state index in [-0.39, 0.29) is 21.8 Å². The Morgan fingerprint density at radius 3 is 2.56 bits per heavy atom. The molecule has 1 atom stereocenters. The van der Waals surface area contributed by atoms with Crippen molar-refractivity contribution in [1.82, 2.24) is 25.3 Å². The van der Waals surface area contributed by atoms with Gasteiger partial charge in [-0.2, -0.15) is 13.2 Å². The van der Waals surface area contributed by atoms with Crippen LogP contribution in [0.3, 0.4) is 0 Å². The molecule has 1 unspecified atom stereocenters.